The molecule has 10 nitrogen and oxygen atoms in total. The number of carbonyl (C=O) groups excluding carboxylic acids is 3. The Bertz CT molecular complexity index is 1460. The van der Waals surface area contributed by atoms with Crippen LogP contribution in [0.5, 0.6) is 0 Å². The van der Waals surface area contributed by atoms with Gasteiger partial charge >= 0.3 is 11.9 Å². The van der Waals surface area contributed by atoms with Crippen molar-refractivity contribution in [2.45, 2.75) is 21.9 Å². The van der Waals surface area contributed by atoms with Gasteiger partial charge in [0.25, 0.3) is 11.8 Å². The second kappa shape index (κ2) is 12.5. The molecule has 2 aliphatic heterocycles. The van der Waals surface area contributed by atoms with Gasteiger partial charge in [-0.1, -0.05) is 83.8 Å². The monoisotopic (exact) mass is 594 g/mol. The summed E-state index contributed by atoms with van der Waals surface area (Å²) in [4.78, 5) is 52.4. The highest BCUT2D eigenvalue weighted by Gasteiger charge is 2.54. The van der Waals surface area contributed by atoms with Gasteiger partial charge in [0.15, 0.2) is 4.34 Å². The molecule has 2 aromatic carbocycles. The molecule has 1 aromatic heterocycles. The topological polar surface area (TPSA) is 139 Å². The fraction of sp³-hybridized carbons (Fsp3) is 0.185. The molecule has 0 aliphatic carbocycles. The van der Waals surface area contributed by atoms with E-state index in [1.54, 1.807) is 41.9 Å². The van der Waals surface area contributed by atoms with Gasteiger partial charge < -0.3 is 15.2 Å². The van der Waals surface area contributed by atoms with Crippen LogP contribution in [0.15, 0.2) is 87.9 Å². The van der Waals surface area contributed by atoms with Crippen molar-refractivity contribution in [3.05, 3.63) is 94.6 Å². The molecule has 2 N–H and O–H groups in total. The van der Waals surface area contributed by atoms with E-state index in [4.69, 9.17) is 4.74 Å². The number of rotatable bonds is 10. The molecule has 1 saturated heterocycles. The Hall–Kier alpha value is -3.94. The van der Waals surface area contributed by atoms with E-state index in [1.165, 1.54) is 45.8 Å². The first-order valence-electron chi connectivity index (χ1n) is 12.0. The molecule has 3 heterocycles. The summed E-state index contributed by atoms with van der Waals surface area (Å²) in [6, 6.07) is 16.7. The van der Waals surface area contributed by atoms with E-state index >= 15 is 0 Å². The number of esters is 1. The molecule has 204 valence electrons. The van der Waals surface area contributed by atoms with Crippen LogP contribution in [0, 0.1) is 0 Å². The number of carboxylic acid groups (broad SMARTS) is 1. The van der Waals surface area contributed by atoms with Crippen LogP contribution in [-0.4, -0.2) is 66.9 Å². The van der Waals surface area contributed by atoms with E-state index < -0.39 is 41.3 Å². The van der Waals surface area contributed by atoms with Gasteiger partial charge in [-0.2, -0.15) is 0 Å². The molecule has 1 fully saturated rings. The van der Waals surface area contributed by atoms with Crippen LogP contribution in [-0.2, 0) is 23.9 Å². The van der Waals surface area contributed by atoms with Crippen LogP contribution in [0.3, 0.4) is 0 Å². The van der Waals surface area contributed by atoms with Crippen LogP contribution >= 0.6 is 34.9 Å². The minimum absolute atomic E-state index is 0.0756. The third kappa shape index (κ3) is 6.11. The molecule has 1 unspecified atom stereocenters. The molecule has 0 spiro atoms. The van der Waals surface area contributed by atoms with Crippen molar-refractivity contribution in [2.24, 2.45) is 0 Å². The maximum atomic E-state index is 13.4. The normalized spacial score (nSPS) is 19.1. The summed E-state index contributed by atoms with van der Waals surface area (Å²) in [5, 5.41) is 19.7. The van der Waals surface area contributed by atoms with Gasteiger partial charge in [0, 0.05) is 23.1 Å². The van der Waals surface area contributed by atoms with Gasteiger partial charge in [-0.25, -0.2) is 9.59 Å². The minimum Gasteiger partial charge on any atom is -0.477 e. The highest BCUT2D eigenvalue weighted by atomic mass is 32.2. The van der Waals surface area contributed by atoms with Crippen molar-refractivity contribution in [1.82, 2.24) is 20.4 Å². The number of carboxylic acids is 1. The molecule has 2 aliphatic rings. The van der Waals surface area contributed by atoms with Crippen LogP contribution < -0.4 is 5.32 Å². The Kier molecular flexibility index (Phi) is 8.63. The number of aromatic nitrogens is 2. The van der Waals surface area contributed by atoms with Gasteiger partial charge in [0.05, 0.1) is 0 Å². The van der Waals surface area contributed by atoms with Crippen molar-refractivity contribution >= 4 is 64.7 Å². The number of amides is 2. The Morgan fingerprint density at radius 3 is 2.55 bits per heavy atom. The van der Waals surface area contributed by atoms with E-state index in [9.17, 15) is 24.3 Å². The average Bonchev–Trinajstić information content (AvgIpc) is 3.50. The first-order valence-corrected chi connectivity index (χ1v) is 14.9. The molecule has 0 radical (unpaired) electrons. The molecular formula is C27H22N4O6S3. The van der Waals surface area contributed by atoms with Crippen LogP contribution in [0.4, 0.5) is 0 Å². The standard InChI is InChI=1S/C27H22N4O6S3/c32-19(12-11-16-7-3-1-4-8-16)37-22(17-9-5-2-6-10-17)23(33)29-20-24(34)31-21(26(35)36)18(13-38-25(20)31)14-39-27-30-28-15-40-27/h1-12,15,20,22,25H,13-14H2,(H,29,33)(H,35,36)/t20?,22-,25-/m1/s1. The first-order chi connectivity index (χ1) is 19.4. The second-order valence-electron chi connectivity index (χ2n) is 8.62. The van der Waals surface area contributed by atoms with Gasteiger partial charge in [-0.05, 0) is 17.2 Å². The van der Waals surface area contributed by atoms with E-state index in [0.717, 1.165) is 5.56 Å². The number of benzene rings is 2. The fourth-order valence-electron chi connectivity index (χ4n) is 4.18. The lowest BCUT2D eigenvalue weighted by molar-refractivity contribution is -0.156. The number of β-lactam (4-membered cyclic amide) rings is 1. The first kappa shape index (κ1) is 27.6. The molecular weight excluding hydrogens is 573 g/mol. The van der Waals surface area contributed by atoms with Crippen LogP contribution in [0.1, 0.15) is 17.2 Å². The molecule has 2 amide bonds. The maximum Gasteiger partial charge on any atom is 0.352 e. The Morgan fingerprint density at radius 2 is 1.88 bits per heavy atom. The zero-order chi connectivity index (χ0) is 28.1. The maximum absolute atomic E-state index is 13.4. The molecule has 0 saturated carbocycles. The summed E-state index contributed by atoms with van der Waals surface area (Å²) in [7, 11) is 0. The molecule has 3 atom stereocenters. The Morgan fingerprint density at radius 1 is 1.15 bits per heavy atom. The lowest BCUT2D eigenvalue weighted by Crippen LogP contribution is -2.71. The average molecular weight is 595 g/mol. The SMILES string of the molecule is O=C(C=Cc1ccccc1)O[C@@H](C(=O)NC1C(=O)N2C(C(=O)O)=C(CSc3nncs3)CS[C@H]12)c1ccccc1. The smallest absolute Gasteiger partial charge is 0.352 e. The predicted molar refractivity (Wildman–Crippen MR) is 151 cm³/mol. The highest BCUT2D eigenvalue weighted by molar-refractivity contribution is 8.01. The summed E-state index contributed by atoms with van der Waals surface area (Å²) < 4.78 is 6.22. The summed E-state index contributed by atoms with van der Waals surface area (Å²) >= 11 is 4.06. The van der Waals surface area contributed by atoms with Crippen molar-refractivity contribution in [1.29, 1.82) is 0 Å². The van der Waals surface area contributed by atoms with Crippen LogP contribution in [0.2, 0.25) is 0 Å². The number of carbonyl (C=O) groups is 4. The summed E-state index contributed by atoms with van der Waals surface area (Å²) in [6.07, 6.45) is 1.50. The lowest BCUT2D eigenvalue weighted by Gasteiger charge is -2.49. The number of ether oxygens (including phenoxy) is 1. The van der Waals surface area contributed by atoms with E-state index in [2.05, 4.69) is 15.5 Å². The Labute approximate surface area is 241 Å². The highest BCUT2D eigenvalue weighted by Crippen LogP contribution is 2.42. The number of thioether (sulfide) groups is 2. The molecule has 40 heavy (non-hydrogen) atoms. The number of nitrogens with one attached hydrogen (secondary N) is 1. The van der Waals surface area contributed by atoms with Crippen LogP contribution in [0.25, 0.3) is 6.08 Å². The summed E-state index contributed by atoms with van der Waals surface area (Å²) in [5.74, 6) is -2.43. The van der Waals surface area contributed by atoms with E-state index in [-0.39, 0.29) is 5.70 Å². The number of fused-ring (bicyclic) bond motifs is 1. The summed E-state index contributed by atoms with van der Waals surface area (Å²) in [5.41, 5.74) is 3.33. The quantitative estimate of drug-likeness (QED) is 0.155. The molecule has 5 rings (SSSR count). The third-order valence-corrected chi connectivity index (χ3v) is 9.33. The minimum atomic E-state index is -1.31. The number of nitrogens with zero attached hydrogens (tertiary/aromatic N) is 3. The van der Waals surface area contributed by atoms with Crippen molar-refractivity contribution in [3.63, 3.8) is 0 Å². The number of aliphatic carboxylic acids is 1. The second-order valence-corrected chi connectivity index (χ2v) is 11.8. The van der Waals surface area contributed by atoms with Crippen molar-refractivity contribution in [2.75, 3.05) is 11.5 Å². The fourth-order valence-corrected chi connectivity index (χ4v) is 7.16. The van der Waals surface area contributed by atoms with Gasteiger partial charge in [0.1, 0.15) is 22.6 Å². The largest absolute Gasteiger partial charge is 0.477 e. The zero-order valence-electron chi connectivity index (χ0n) is 20.7. The lowest BCUT2D eigenvalue weighted by atomic mass is 10.0. The molecule has 3 aromatic rings. The van der Waals surface area contributed by atoms with E-state index in [1.807, 2.05) is 30.3 Å². The zero-order valence-corrected chi connectivity index (χ0v) is 23.2. The molecule has 13 heteroatoms. The molecule has 0 bridgehead atoms. The van der Waals surface area contributed by atoms with E-state index in [0.29, 0.717) is 27.0 Å². The Balaban J connectivity index is 1.29. The predicted octanol–water partition coefficient (Wildman–Crippen LogP) is 3.37. The van der Waals surface area contributed by atoms with Crippen molar-refractivity contribution in [3.8, 4) is 0 Å². The van der Waals surface area contributed by atoms with Gasteiger partial charge in [-0.15, -0.1) is 22.0 Å². The van der Waals surface area contributed by atoms with Gasteiger partial charge in [0.2, 0.25) is 6.10 Å². The van der Waals surface area contributed by atoms with Crippen molar-refractivity contribution < 1.29 is 29.0 Å². The number of hydrogen-bond acceptors (Lipinski definition) is 10. The summed E-state index contributed by atoms with van der Waals surface area (Å²) in [6.45, 7) is 0. The number of hydrogen-bond donors (Lipinski definition) is 2. The van der Waals surface area contributed by atoms with Gasteiger partial charge in [-0.3, -0.25) is 14.5 Å². The third-order valence-electron chi connectivity index (χ3n) is 6.04.